The molecule has 0 saturated carbocycles. The molecule has 40 heavy (non-hydrogen) atoms. The van der Waals surface area contributed by atoms with Crippen molar-refractivity contribution in [2.75, 3.05) is 12.8 Å². The normalized spacial score (nSPS) is 25.4. The highest BCUT2D eigenvalue weighted by Crippen LogP contribution is 2.56. The van der Waals surface area contributed by atoms with E-state index < -0.39 is 84.4 Å². The fourth-order valence-electron chi connectivity index (χ4n) is 4.25. The van der Waals surface area contributed by atoms with Gasteiger partial charge in [0.1, 0.15) is 35.1 Å². The fourth-order valence-corrected chi connectivity index (χ4v) is 6.79. The third-order valence-electron chi connectivity index (χ3n) is 6.15. The molecule has 0 amide bonds. The Kier molecular flexibility index (Phi) is 9.68. The molecule has 1 aliphatic heterocycles. The number of hydrogen-bond acceptors (Lipinski definition) is 9. The smallest absolute Gasteiger partial charge is 0.380 e. The highest BCUT2D eigenvalue weighted by atomic mass is 35.5. The summed E-state index contributed by atoms with van der Waals surface area (Å²) in [5.41, 5.74) is -4.25. The molecule has 2 unspecified atom stereocenters. The van der Waals surface area contributed by atoms with Gasteiger partial charge in [-0.2, -0.15) is 4.39 Å². The number of aromatic nitrogens is 2. The van der Waals surface area contributed by atoms with Crippen molar-refractivity contribution in [3.63, 3.8) is 0 Å². The van der Waals surface area contributed by atoms with Crippen LogP contribution >= 0.6 is 19.2 Å². The minimum absolute atomic E-state index is 0.155. The Morgan fingerprint density at radius 3 is 2.48 bits per heavy atom. The fraction of sp³-hybridized carbons (Fsp3) is 0.560. The van der Waals surface area contributed by atoms with Crippen molar-refractivity contribution < 1.29 is 41.8 Å². The molecule has 0 radical (unpaired) electrons. The molecule has 2 N–H and O–H groups in total. The van der Waals surface area contributed by atoms with Gasteiger partial charge in [0.15, 0.2) is 6.23 Å². The third-order valence-corrected chi connectivity index (χ3v) is 8.89. The van der Waals surface area contributed by atoms with Crippen LogP contribution < -0.4 is 15.8 Å². The second kappa shape index (κ2) is 12.1. The average Bonchev–Trinajstić information content (AvgIpc) is 3.12. The Bertz CT molecular complexity index is 1370. The van der Waals surface area contributed by atoms with Crippen molar-refractivity contribution in [3.05, 3.63) is 63.2 Å². The molecule has 1 aromatic carbocycles. The van der Waals surface area contributed by atoms with Crippen molar-refractivity contribution in [1.29, 1.82) is 0 Å². The number of aliphatic hydroxyl groups excluding tert-OH is 1. The van der Waals surface area contributed by atoms with Gasteiger partial charge >= 0.3 is 19.3 Å². The summed E-state index contributed by atoms with van der Waals surface area (Å²) in [4.78, 5) is 35.8. The van der Waals surface area contributed by atoms with Gasteiger partial charge < -0.3 is 19.1 Å². The van der Waals surface area contributed by atoms with Crippen molar-refractivity contribution in [3.8, 4) is 5.75 Å². The van der Waals surface area contributed by atoms with Gasteiger partial charge in [-0.3, -0.25) is 23.7 Å². The van der Waals surface area contributed by atoms with Gasteiger partial charge in [-0.1, -0.05) is 25.1 Å². The van der Waals surface area contributed by atoms with Gasteiger partial charge in [0.25, 0.3) is 5.56 Å². The Hall–Kier alpha value is -2.57. The molecule has 15 heteroatoms. The second-order valence-corrected chi connectivity index (χ2v) is 13.0. The molecule has 0 bridgehead atoms. The van der Waals surface area contributed by atoms with Gasteiger partial charge in [0.05, 0.1) is 24.4 Å². The summed E-state index contributed by atoms with van der Waals surface area (Å²) in [5, 5.41) is 11.1. The van der Waals surface area contributed by atoms with E-state index in [1.807, 2.05) is 0 Å². The Balaban J connectivity index is 1.98. The second-order valence-electron chi connectivity index (χ2n) is 10.3. The van der Waals surface area contributed by atoms with Crippen LogP contribution in [-0.2, 0) is 23.4 Å². The van der Waals surface area contributed by atoms with Crippen LogP contribution in [0.25, 0.3) is 0 Å². The van der Waals surface area contributed by atoms with Crippen LogP contribution in [0.2, 0.25) is 0 Å². The number of H-pyrrole nitrogens is 1. The molecule has 1 saturated heterocycles. The number of para-hydroxylation sites is 1. The molecule has 2 heterocycles. The summed E-state index contributed by atoms with van der Waals surface area (Å²) in [7, 11) is -4.27. The molecular formula is C25H32ClF2N2O9P. The van der Waals surface area contributed by atoms with E-state index in [0.29, 0.717) is 10.8 Å². The number of carbonyl (C=O) groups excluding carboxylic acids is 1. The summed E-state index contributed by atoms with van der Waals surface area (Å²) in [6, 6.07) is 7.98. The van der Waals surface area contributed by atoms with Crippen LogP contribution in [0.15, 0.2) is 46.1 Å². The van der Waals surface area contributed by atoms with Gasteiger partial charge in [-0.05, 0) is 39.8 Å². The zero-order valence-electron chi connectivity index (χ0n) is 22.5. The zero-order valence-corrected chi connectivity index (χ0v) is 24.2. The monoisotopic (exact) mass is 608 g/mol. The van der Waals surface area contributed by atoms with Gasteiger partial charge in [-0.25, -0.2) is 13.8 Å². The summed E-state index contributed by atoms with van der Waals surface area (Å²) in [6.07, 6.45) is -5.65. The van der Waals surface area contributed by atoms with E-state index in [9.17, 15) is 32.8 Å². The van der Waals surface area contributed by atoms with Gasteiger partial charge in [0, 0.05) is 0 Å². The van der Waals surface area contributed by atoms with E-state index in [-0.39, 0.29) is 5.75 Å². The van der Waals surface area contributed by atoms with Crippen molar-refractivity contribution >= 4 is 25.2 Å². The summed E-state index contributed by atoms with van der Waals surface area (Å²) in [5.74, 6) is -2.82. The van der Waals surface area contributed by atoms with Crippen LogP contribution in [0, 0.1) is 11.7 Å². The molecule has 6 atom stereocenters. The number of rotatable bonds is 11. The highest BCUT2D eigenvalue weighted by Gasteiger charge is 2.62. The molecule has 11 nitrogen and oxygen atoms in total. The van der Waals surface area contributed by atoms with E-state index in [0.717, 1.165) is 0 Å². The maximum absolute atomic E-state index is 14.3. The predicted octanol–water partition coefficient (Wildman–Crippen LogP) is 3.54. The van der Waals surface area contributed by atoms with E-state index >= 15 is 0 Å². The first kappa shape index (κ1) is 32.0. The Morgan fingerprint density at radius 2 is 1.90 bits per heavy atom. The third kappa shape index (κ3) is 6.83. The molecule has 3 rings (SSSR count). The van der Waals surface area contributed by atoms with Gasteiger partial charge in [-0.15, -0.1) is 11.6 Å². The van der Waals surface area contributed by atoms with Crippen LogP contribution in [0.5, 0.6) is 5.75 Å². The first-order valence-corrected chi connectivity index (χ1v) is 14.5. The topological polar surface area (TPSA) is 146 Å². The lowest BCUT2D eigenvalue weighted by Gasteiger charge is -2.36. The molecule has 222 valence electrons. The van der Waals surface area contributed by atoms with E-state index in [2.05, 4.69) is 0 Å². The van der Waals surface area contributed by atoms with Crippen LogP contribution in [-0.4, -0.2) is 62.3 Å². The summed E-state index contributed by atoms with van der Waals surface area (Å²) >= 11 is 6.41. The largest absolute Gasteiger partial charge is 0.463 e. The molecule has 1 fully saturated rings. The number of nitrogens with zero attached hydrogens (tertiary/aromatic N) is 1. The SMILES string of the molecule is CC(C)OC(=O)[C@H](C)CP(=O)(Oc1ccccc1)OC(C)(C)[C@H]1O[C@@H](n2cc(F)c(=O)[nH]c2=O)C(Cl)(CF)[C@H]1O. The van der Waals surface area contributed by atoms with E-state index in [4.69, 9.17) is 30.1 Å². The number of nitrogens with one attached hydrogen (secondary N) is 1. The summed E-state index contributed by atoms with van der Waals surface area (Å²) in [6.45, 7) is 6.05. The molecule has 1 aromatic heterocycles. The molecule has 1 aliphatic rings. The van der Waals surface area contributed by atoms with E-state index in [1.165, 1.54) is 32.9 Å². The lowest BCUT2D eigenvalue weighted by Crippen LogP contribution is -2.51. The maximum atomic E-state index is 14.3. The zero-order chi connectivity index (χ0) is 30.0. The summed E-state index contributed by atoms with van der Waals surface area (Å²) < 4.78 is 65.6. The quantitative estimate of drug-likeness (QED) is 0.222. The number of benzene rings is 1. The van der Waals surface area contributed by atoms with E-state index in [1.54, 1.807) is 37.0 Å². The number of alkyl halides is 2. The lowest BCUT2D eigenvalue weighted by atomic mass is 9.91. The number of aromatic amines is 1. The first-order valence-electron chi connectivity index (χ1n) is 12.4. The molecular weight excluding hydrogens is 577 g/mol. The van der Waals surface area contributed by atoms with Crippen LogP contribution in [0.1, 0.15) is 40.8 Å². The number of halogens is 3. The molecule has 0 aliphatic carbocycles. The van der Waals surface area contributed by atoms with Crippen LogP contribution in [0.4, 0.5) is 8.78 Å². The van der Waals surface area contributed by atoms with Crippen LogP contribution in [0.3, 0.4) is 0 Å². The number of aliphatic hydroxyl groups is 1. The first-order chi connectivity index (χ1) is 18.5. The predicted molar refractivity (Wildman–Crippen MR) is 141 cm³/mol. The lowest BCUT2D eigenvalue weighted by molar-refractivity contribution is -0.151. The standard InChI is InChI=1S/C25H32ClF2N2O9P/c1-14(2)36-21(33)15(3)12-40(35,38-16-9-7-6-8-10-16)39-24(4,5)19-18(31)25(26,13-27)22(37-19)30-11-17(28)20(32)29-23(30)34/h6-11,14-15,18-19,22,31H,12-13H2,1-5H3,(H,29,32,34)/t15-,18+,19+,22-,25?,40?/m1/s1. The number of carbonyl (C=O) groups is 1. The number of esters is 1. The minimum Gasteiger partial charge on any atom is -0.463 e. The Morgan fingerprint density at radius 1 is 1.27 bits per heavy atom. The highest BCUT2D eigenvalue weighted by molar-refractivity contribution is 7.54. The maximum Gasteiger partial charge on any atom is 0.380 e. The molecule has 2 aromatic rings. The number of ether oxygens (including phenoxy) is 2. The Labute approximate surface area is 233 Å². The van der Waals surface area contributed by atoms with Crippen molar-refractivity contribution in [2.24, 2.45) is 5.92 Å². The average molecular weight is 609 g/mol. The van der Waals surface area contributed by atoms with Crippen molar-refractivity contribution in [1.82, 2.24) is 9.55 Å². The van der Waals surface area contributed by atoms with Gasteiger partial charge in [0.2, 0.25) is 5.82 Å². The number of hydrogen-bond donors (Lipinski definition) is 2. The molecule has 0 spiro atoms. The van der Waals surface area contributed by atoms with Crippen molar-refractivity contribution in [2.45, 2.75) is 69.6 Å². The minimum atomic E-state index is -4.27.